The van der Waals surface area contributed by atoms with Crippen LogP contribution in [0.4, 0.5) is 19.0 Å². The number of aromatic nitrogens is 2. The Morgan fingerprint density at radius 2 is 2.11 bits per heavy atom. The Morgan fingerprint density at radius 1 is 1.37 bits per heavy atom. The van der Waals surface area contributed by atoms with Crippen LogP contribution in [0.2, 0.25) is 0 Å². The molecule has 104 valence electrons. The molecule has 8 heteroatoms. The highest BCUT2D eigenvalue weighted by Crippen LogP contribution is 2.30. The topological polar surface area (TPSA) is 63.8 Å². The van der Waals surface area contributed by atoms with E-state index in [1.165, 1.54) is 11.3 Å². The van der Waals surface area contributed by atoms with Crippen molar-refractivity contribution in [3.05, 3.63) is 16.8 Å². The van der Waals surface area contributed by atoms with E-state index in [1.54, 1.807) is 0 Å². The average Bonchev–Trinajstić information content (AvgIpc) is 2.77. The number of hydrogen-bond acceptors (Lipinski definition) is 5. The highest BCUT2D eigenvalue weighted by Gasteiger charge is 2.27. The summed E-state index contributed by atoms with van der Waals surface area (Å²) in [6, 6.07) is 1.91. The molecule has 2 rings (SSSR count). The van der Waals surface area contributed by atoms with Crippen LogP contribution < -0.4 is 11.3 Å². The van der Waals surface area contributed by atoms with Crippen molar-refractivity contribution in [2.75, 3.05) is 5.43 Å². The molecule has 0 saturated heterocycles. The number of hydrazine groups is 1. The summed E-state index contributed by atoms with van der Waals surface area (Å²) in [6.45, 7) is 2.00. The Balaban J connectivity index is 2.35. The number of nitrogen functional groups attached to an aromatic ring is 1. The fourth-order valence-corrected chi connectivity index (χ4v) is 2.65. The van der Waals surface area contributed by atoms with Crippen LogP contribution in [0.25, 0.3) is 10.2 Å². The summed E-state index contributed by atoms with van der Waals surface area (Å²) in [5, 5.41) is 0.750. The second kappa shape index (κ2) is 5.30. The number of hydrogen-bond donors (Lipinski definition) is 2. The zero-order valence-electron chi connectivity index (χ0n) is 10.2. The molecule has 0 atom stereocenters. The molecule has 0 aliphatic heterocycles. The predicted molar refractivity (Wildman–Crippen MR) is 69.0 cm³/mol. The molecular weight excluding hydrogens is 277 g/mol. The number of alkyl halides is 3. The van der Waals surface area contributed by atoms with E-state index in [9.17, 15) is 13.2 Å². The highest BCUT2D eigenvalue weighted by atomic mass is 32.1. The fraction of sp³-hybridized carbons (Fsp3) is 0.455. The number of nitrogens with two attached hydrogens (primary N) is 1. The lowest BCUT2D eigenvalue weighted by atomic mass is 10.2. The molecule has 0 aromatic carbocycles. The Morgan fingerprint density at radius 3 is 2.68 bits per heavy atom. The van der Waals surface area contributed by atoms with Gasteiger partial charge in [-0.25, -0.2) is 15.8 Å². The maximum Gasteiger partial charge on any atom is 0.389 e. The van der Waals surface area contributed by atoms with Gasteiger partial charge in [0.2, 0.25) is 0 Å². The van der Waals surface area contributed by atoms with Gasteiger partial charge < -0.3 is 5.43 Å². The summed E-state index contributed by atoms with van der Waals surface area (Å²) in [7, 11) is 0. The van der Waals surface area contributed by atoms with Crippen LogP contribution in [0, 0.1) is 0 Å². The van der Waals surface area contributed by atoms with Crippen LogP contribution in [0.15, 0.2) is 6.07 Å². The smallest absolute Gasteiger partial charge is 0.308 e. The molecule has 0 unspecified atom stereocenters. The first-order valence-corrected chi connectivity index (χ1v) is 6.57. The minimum Gasteiger partial charge on any atom is -0.308 e. The molecule has 19 heavy (non-hydrogen) atoms. The standard InChI is InChI=1S/C11H13F3N4S/c1-2-6-5-7-9(18-15)16-8(17-10(7)19-6)3-4-11(12,13)14/h5H,2-4,15H2,1H3,(H,16,17,18). The van der Waals surface area contributed by atoms with Crippen LogP contribution in [0.5, 0.6) is 0 Å². The van der Waals surface area contributed by atoms with E-state index < -0.39 is 12.6 Å². The predicted octanol–water partition coefficient (Wildman–Crippen LogP) is 3.03. The number of anilines is 1. The maximum atomic E-state index is 12.2. The van der Waals surface area contributed by atoms with Gasteiger partial charge in [-0.2, -0.15) is 13.2 Å². The molecule has 0 aliphatic carbocycles. The van der Waals surface area contributed by atoms with Crippen molar-refractivity contribution in [1.29, 1.82) is 0 Å². The second-order valence-corrected chi connectivity index (χ2v) is 5.15. The maximum absolute atomic E-state index is 12.2. The molecule has 0 radical (unpaired) electrons. The largest absolute Gasteiger partial charge is 0.389 e. The van der Waals surface area contributed by atoms with Gasteiger partial charge in [0.15, 0.2) is 5.82 Å². The molecule has 0 saturated carbocycles. The molecule has 0 amide bonds. The van der Waals surface area contributed by atoms with Crippen LogP contribution >= 0.6 is 11.3 Å². The molecule has 0 spiro atoms. The first kappa shape index (κ1) is 14.0. The lowest BCUT2D eigenvalue weighted by molar-refractivity contribution is -0.134. The van der Waals surface area contributed by atoms with Crippen molar-refractivity contribution in [2.24, 2.45) is 5.84 Å². The van der Waals surface area contributed by atoms with Crippen molar-refractivity contribution in [3.63, 3.8) is 0 Å². The molecule has 0 fully saturated rings. The number of thiophene rings is 1. The first-order valence-electron chi connectivity index (χ1n) is 5.75. The van der Waals surface area contributed by atoms with Crippen LogP contribution in [0.3, 0.4) is 0 Å². The summed E-state index contributed by atoms with van der Waals surface area (Å²) >= 11 is 1.45. The molecule has 4 nitrogen and oxygen atoms in total. The number of fused-ring (bicyclic) bond motifs is 1. The highest BCUT2D eigenvalue weighted by molar-refractivity contribution is 7.18. The van der Waals surface area contributed by atoms with Crippen molar-refractivity contribution < 1.29 is 13.2 Å². The van der Waals surface area contributed by atoms with Gasteiger partial charge >= 0.3 is 6.18 Å². The van der Waals surface area contributed by atoms with Gasteiger partial charge in [0, 0.05) is 11.3 Å². The van der Waals surface area contributed by atoms with Gasteiger partial charge in [0.25, 0.3) is 0 Å². The molecule has 0 bridgehead atoms. The van der Waals surface area contributed by atoms with Crippen molar-refractivity contribution in [2.45, 2.75) is 32.4 Å². The van der Waals surface area contributed by atoms with Gasteiger partial charge in [-0.15, -0.1) is 11.3 Å². The zero-order valence-corrected chi connectivity index (χ0v) is 11.0. The number of nitrogens with zero attached hydrogens (tertiary/aromatic N) is 2. The zero-order chi connectivity index (χ0) is 14.0. The average molecular weight is 290 g/mol. The number of aryl methyl sites for hydroxylation is 2. The van der Waals surface area contributed by atoms with Gasteiger partial charge in [-0.05, 0) is 12.5 Å². The summed E-state index contributed by atoms with van der Waals surface area (Å²) in [5.74, 6) is 5.89. The third kappa shape index (κ3) is 3.32. The molecule has 3 N–H and O–H groups in total. The summed E-state index contributed by atoms with van der Waals surface area (Å²) in [4.78, 5) is 9.95. The van der Waals surface area contributed by atoms with Gasteiger partial charge in [-0.1, -0.05) is 6.92 Å². The van der Waals surface area contributed by atoms with Crippen LogP contribution in [0.1, 0.15) is 24.0 Å². The van der Waals surface area contributed by atoms with E-state index in [0.717, 1.165) is 16.7 Å². The van der Waals surface area contributed by atoms with E-state index >= 15 is 0 Å². The Kier molecular flexibility index (Phi) is 3.91. The van der Waals surface area contributed by atoms with E-state index in [-0.39, 0.29) is 12.2 Å². The Bertz CT molecular complexity index is 579. The van der Waals surface area contributed by atoms with E-state index in [2.05, 4.69) is 15.4 Å². The van der Waals surface area contributed by atoms with Crippen molar-refractivity contribution >= 4 is 27.4 Å². The van der Waals surface area contributed by atoms with Gasteiger partial charge in [-0.3, -0.25) is 0 Å². The van der Waals surface area contributed by atoms with Crippen molar-refractivity contribution in [1.82, 2.24) is 9.97 Å². The third-order valence-electron chi connectivity index (χ3n) is 2.61. The Labute approximate surface area is 111 Å². The third-order valence-corrected chi connectivity index (χ3v) is 3.78. The molecule has 2 heterocycles. The lowest BCUT2D eigenvalue weighted by Gasteiger charge is -2.07. The fourth-order valence-electron chi connectivity index (χ4n) is 1.67. The number of halogens is 3. The minimum atomic E-state index is -4.21. The monoisotopic (exact) mass is 290 g/mol. The van der Waals surface area contributed by atoms with Crippen LogP contribution in [-0.4, -0.2) is 16.1 Å². The molecular formula is C11H13F3N4S. The normalized spacial score (nSPS) is 12.1. The number of rotatable bonds is 4. The quantitative estimate of drug-likeness (QED) is 0.671. The molecule has 0 aliphatic rings. The van der Waals surface area contributed by atoms with E-state index in [4.69, 9.17) is 5.84 Å². The van der Waals surface area contributed by atoms with Gasteiger partial charge in [0.05, 0.1) is 11.8 Å². The molecule has 2 aromatic heterocycles. The summed E-state index contributed by atoms with van der Waals surface area (Å²) in [6.07, 6.45) is -4.55. The second-order valence-electron chi connectivity index (χ2n) is 4.03. The summed E-state index contributed by atoms with van der Waals surface area (Å²) < 4.78 is 36.6. The summed E-state index contributed by atoms with van der Waals surface area (Å²) in [5.41, 5.74) is 2.42. The SMILES string of the molecule is CCc1cc2c(NN)nc(CCC(F)(F)F)nc2s1. The minimum absolute atomic E-state index is 0.155. The van der Waals surface area contributed by atoms with E-state index in [0.29, 0.717) is 10.6 Å². The van der Waals surface area contributed by atoms with E-state index in [1.807, 2.05) is 13.0 Å². The Hall–Kier alpha value is -1.41. The number of nitrogens with one attached hydrogen (secondary N) is 1. The molecule has 2 aromatic rings. The van der Waals surface area contributed by atoms with Gasteiger partial charge in [0.1, 0.15) is 10.7 Å². The first-order chi connectivity index (χ1) is 8.93. The van der Waals surface area contributed by atoms with Crippen LogP contribution in [-0.2, 0) is 12.8 Å². The lowest BCUT2D eigenvalue weighted by Crippen LogP contribution is -2.13. The van der Waals surface area contributed by atoms with Crippen molar-refractivity contribution in [3.8, 4) is 0 Å².